The molecule has 0 aromatic rings. The summed E-state index contributed by atoms with van der Waals surface area (Å²) < 4.78 is 0. The van der Waals surface area contributed by atoms with Gasteiger partial charge in [-0.05, 0) is 25.9 Å². The predicted octanol–water partition coefficient (Wildman–Crippen LogP) is 3.98. The van der Waals surface area contributed by atoms with E-state index in [1.54, 1.807) is 0 Å². The van der Waals surface area contributed by atoms with Gasteiger partial charge in [-0.3, -0.25) is 0 Å². The fourth-order valence-electron chi connectivity index (χ4n) is 0.927. The molecule has 1 nitrogen and oxygen atoms in total. The van der Waals surface area contributed by atoms with Gasteiger partial charge in [0.05, 0.1) is 0 Å². The normalized spacial score (nSPS) is 9.23. The van der Waals surface area contributed by atoms with Crippen molar-refractivity contribution in [3.8, 4) is 0 Å². The third kappa shape index (κ3) is 24.5. The molecule has 0 unspecified atom stereocenters. The molecule has 0 aromatic carbocycles. The summed E-state index contributed by atoms with van der Waals surface area (Å²) in [6, 6.07) is 0. The Morgan fingerprint density at radius 3 is 1.62 bits per heavy atom. The SMILES string of the molecule is CCC.CCCCCNCCCC. The highest BCUT2D eigenvalue weighted by atomic mass is 14.8. The molecule has 0 saturated heterocycles. The van der Waals surface area contributed by atoms with Gasteiger partial charge in [-0.15, -0.1) is 0 Å². The summed E-state index contributed by atoms with van der Waals surface area (Å²) in [5.41, 5.74) is 0. The topological polar surface area (TPSA) is 12.0 Å². The van der Waals surface area contributed by atoms with E-state index < -0.39 is 0 Å². The molecule has 0 radical (unpaired) electrons. The highest BCUT2D eigenvalue weighted by Gasteiger charge is 1.85. The number of hydrogen-bond donors (Lipinski definition) is 1. The van der Waals surface area contributed by atoms with E-state index in [1.165, 1.54) is 51.6 Å². The van der Waals surface area contributed by atoms with E-state index in [-0.39, 0.29) is 0 Å². The lowest BCUT2D eigenvalue weighted by molar-refractivity contribution is 0.595. The first-order chi connectivity index (χ1) is 6.33. The molecule has 0 amide bonds. The van der Waals surface area contributed by atoms with E-state index in [9.17, 15) is 0 Å². The van der Waals surface area contributed by atoms with Crippen LogP contribution in [0.5, 0.6) is 0 Å². The molecule has 0 rings (SSSR count). The molecule has 0 aromatic heterocycles. The average molecular weight is 187 g/mol. The Balaban J connectivity index is 0. The highest BCUT2D eigenvalue weighted by Crippen LogP contribution is 1.91. The lowest BCUT2D eigenvalue weighted by Crippen LogP contribution is -2.16. The zero-order valence-electron chi connectivity index (χ0n) is 10.2. The molecule has 0 heterocycles. The number of hydrogen-bond acceptors (Lipinski definition) is 1. The van der Waals surface area contributed by atoms with E-state index in [2.05, 4.69) is 33.0 Å². The number of rotatable bonds is 7. The quantitative estimate of drug-likeness (QED) is 0.594. The van der Waals surface area contributed by atoms with Gasteiger partial charge in [-0.25, -0.2) is 0 Å². The Hall–Kier alpha value is -0.0400. The molecule has 0 saturated carbocycles. The first kappa shape index (κ1) is 15.4. The van der Waals surface area contributed by atoms with Crippen LogP contribution in [0, 0.1) is 0 Å². The molecule has 13 heavy (non-hydrogen) atoms. The van der Waals surface area contributed by atoms with Crippen LogP contribution in [-0.2, 0) is 0 Å². The smallest absolute Gasteiger partial charge is 0.00489 e. The minimum Gasteiger partial charge on any atom is -0.317 e. The van der Waals surface area contributed by atoms with Crippen LogP contribution in [0.4, 0.5) is 0 Å². The van der Waals surface area contributed by atoms with Gasteiger partial charge < -0.3 is 5.32 Å². The van der Waals surface area contributed by atoms with Crippen molar-refractivity contribution < 1.29 is 0 Å². The van der Waals surface area contributed by atoms with Gasteiger partial charge >= 0.3 is 0 Å². The minimum atomic E-state index is 1.21. The van der Waals surface area contributed by atoms with Crippen molar-refractivity contribution >= 4 is 0 Å². The van der Waals surface area contributed by atoms with E-state index in [4.69, 9.17) is 0 Å². The van der Waals surface area contributed by atoms with Crippen molar-refractivity contribution in [2.24, 2.45) is 0 Å². The lowest BCUT2D eigenvalue weighted by Gasteiger charge is -2.01. The summed E-state index contributed by atoms with van der Waals surface area (Å²) in [7, 11) is 0. The standard InChI is InChI=1S/C9H21N.C3H8/c1-3-5-7-9-10-8-6-4-2;1-3-2/h10H,3-9H2,1-2H3;3H2,1-2H3. The Labute approximate surface area is 85.3 Å². The third-order valence-corrected chi connectivity index (χ3v) is 1.66. The Morgan fingerprint density at radius 1 is 0.692 bits per heavy atom. The van der Waals surface area contributed by atoms with Crippen molar-refractivity contribution in [1.82, 2.24) is 5.32 Å². The average Bonchev–Trinajstić information content (AvgIpc) is 2.13. The molecule has 0 spiro atoms. The molecular weight excluding hydrogens is 158 g/mol. The second kappa shape index (κ2) is 17.9. The monoisotopic (exact) mass is 187 g/mol. The van der Waals surface area contributed by atoms with Crippen LogP contribution in [0.3, 0.4) is 0 Å². The minimum absolute atomic E-state index is 1.21. The first-order valence-electron chi connectivity index (χ1n) is 6.04. The van der Waals surface area contributed by atoms with Gasteiger partial charge in [-0.2, -0.15) is 0 Å². The highest BCUT2D eigenvalue weighted by molar-refractivity contribution is 4.46. The van der Waals surface area contributed by atoms with Gasteiger partial charge in [0.25, 0.3) is 0 Å². The van der Waals surface area contributed by atoms with E-state index in [1.807, 2.05) is 0 Å². The molecule has 0 fully saturated rings. The summed E-state index contributed by atoms with van der Waals surface area (Å²) in [6.45, 7) is 11.1. The molecule has 0 aliphatic heterocycles. The summed E-state index contributed by atoms with van der Waals surface area (Å²) in [6.07, 6.45) is 7.93. The van der Waals surface area contributed by atoms with Gasteiger partial charge in [0.15, 0.2) is 0 Å². The Morgan fingerprint density at radius 2 is 1.15 bits per heavy atom. The van der Waals surface area contributed by atoms with Crippen molar-refractivity contribution in [1.29, 1.82) is 0 Å². The molecule has 1 N–H and O–H groups in total. The van der Waals surface area contributed by atoms with E-state index in [0.29, 0.717) is 0 Å². The van der Waals surface area contributed by atoms with Gasteiger partial charge in [0, 0.05) is 0 Å². The predicted molar refractivity (Wildman–Crippen MR) is 63.3 cm³/mol. The zero-order chi connectivity index (χ0) is 10.4. The molecule has 82 valence electrons. The van der Waals surface area contributed by atoms with Crippen molar-refractivity contribution in [3.63, 3.8) is 0 Å². The van der Waals surface area contributed by atoms with Gasteiger partial charge in [-0.1, -0.05) is 53.4 Å². The molecule has 0 bridgehead atoms. The van der Waals surface area contributed by atoms with E-state index >= 15 is 0 Å². The van der Waals surface area contributed by atoms with E-state index in [0.717, 1.165) is 0 Å². The van der Waals surface area contributed by atoms with Crippen LogP contribution in [-0.4, -0.2) is 13.1 Å². The summed E-state index contributed by atoms with van der Waals surface area (Å²) in [5.74, 6) is 0. The maximum atomic E-state index is 3.42. The maximum Gasteiger partial charge on any atom is -0.00489 e. The third-order valence-electron chi connectivity index (χ3n) is 1.66. The largest absolute Gasteiger partial charge is 0.317 e. The summed E-state index contributed by atoms with van der Waals surface area (Å²) >= 11 is 0. The molecule has 1 heteroatoms. The van der Waals surface area contributed by atoms with Crippen LogP contribution in [0.2, 0.25) is 0 Å². The summed E-state index contributed by atoms with van der Waals surface area (Å²) in [5, 5.41) is 3.42. The Bertz CT molecular complexity index is 54.1. The van der Waals surface area contributed by atoms with Crippen molar-refractivity contribution in [2.75, 3.05) is 13.1 Å². The summed E-state index contributed by atoms with van der Waals surface area (Å²) in [4.78, 5) is 0. The molecule has 0 aliphatic rings. The zero-order valence-corrected chi connectivity index (χ0v) is 10.2. The second-order valence-corrected chi connectivity index (χ2v) is 3.52. The van der Waals surface area contributed by atoms with Crippen molar-refractivity contribution in [3.05, 3.63) is 0 Å². The van der Waals surface area contributed by atoms with Crippen LogP contribution >= 0.6 is 0 Å². The molecule has 0 atom stereocenters. The Kier molecular flexibility index (Phi) is 21.2. The number of nitrogens with one attached hydrogen (secondary N) is 1. The van der Waals surface area contributed by atoms with Crippen LogP contribution in [0.1, 0.15) is 66.2 Å². The fraction of sp³-hybridized carbons (Fsp3) is 1.00. The van der Waals surface area contributed by atoms with Crippen molar-refractivity contribution in [2.45, 2.75) is 66.2 Å². The van der Waals surface area contributed by atoms with Gasteiger partial charge in [0.1, 0.15) is 0 Å². The van der Waals surface area contributed by atoms with Gasteiger partial charge in [0.2, 0.25) is 0 Å². The maximum absolute atomic E-state index is 3.42. The number of unbranched alkanes of at least 4 members (excludes halogenated alkanes) is 3. The van der Waals surface area contributed by atoms with Crippen LogP contribution < -0.4 is 5.32 Å². The second-order valence-electron chi connectivity index (χ2n) is 3.52. The molecule has 0 aliphatic carbocycles. The molecular formula is C12H29N. The van der Waals surface area contributed by atoms with Crippen LogP contribution in [0.15, 0.2) is 0 Å². The van der Waals surface area contributed by atoms with Crippen LogP contribution in [0.25, 0.3) is 0 Å². The first-order valence-corrected chi connectivity index (χ1v) is 6.04. The lowest BCUT2D eigenvalue weighted by atomic mass is 10.2. The fourth-order valence-corrected chi connectivity index (χ4v) is 0.927.